The summed E-state index contributed by atoms with van der Waals surface area (Å²) in [5.74, 6) is 0. The van der Waals surface area contributed by atoms with Crippen molar-refractivity contribution < 1.29 is 0 Å². The molecule has 0 saturated heterocycles. The van der Waals surface area contributed by atoms with E-state index in [9.17, 15) is 0 Å². The zero-order valence-electron chi connectivity index (χ0n) is 11.6. The molecule has 0 nitrogen and oxygen atoms in total. The maximum Gasteiger partial charge on any atom is 0.0342 e. The summed E-state index contributed by atoms with van der Waals surface area (Å²) < 4.78 is 1.37. The van der Waals surface area contributed by atoms with Crippen LogP contribution >= 0.6 is 11.3 Å². The van der Waals surface area contributed by atoms with Crippen LogP contribution in [-0.4, -0.2) is 0 Å². The summed E-state index contributed by atoms with van der Waals surface area (Å²) in [5, 5.41) is 3.47. The van der Waals surface area contributed by atoms with Gasteiger partial charge in [-0.25, -0.2) is 0 Å². The van der Waals surface area contributed by atoms with E-state index in [1.165, 1.54) is 21.2 Å². The third-order valence-electron chi connectivity index (χ3n) is 3.24. The molecule has 0 aliphatic heterocycles. The smallest absolute Gasteiger partial charge is 0.0342 e. The van der Waals surface area contributed by atoms with E-state index in [4.69, 9.17) is 0 Å². The molecule has 0 aliphatic rings. The number of benzene rings is 3. The predicted molar refractivity (Wildman–Crippen MR) is 93.7 cm³/mol. The maximum absolute atomic E-state index is 2.14. The molecule has 0 unspecified atom stereocenters. The van der Waals surface area contributed by atoms with Gasteiger partial charge >= 0.3 is 0 Å². The van der Waals surface area contributed by atoms with E-state index in [-0.39, 0.29) is 0 Å². The van der Waals surface area contributed by atoms with Crippen molar-refractivity contribution in [2.75, 3.05) is 0 Å². The topological polar surface area (TPSA) is 0 Å². The Kier molecular flexibility index (Phi) is 4.45. The van der Waals surface area contributed by atoms with Gasteiger partial charge in [-0.2, -0.15) is 0 Å². The largest absolute Gasteiger partial charge is 0.144 e. The minimum absolute atomic E-state index is 1.28. The summed E-state index contributed by atoms with van der Waals surface area (Å²) in [4.78, 5) is 0. The molecule has 0 bridgehead atoms. The number of rotatable bonds is 1. The fraction of sp³-hybridized carbons (Fsp3) is 0. The van der Waals surface area contributed by atoms with Gasteiger partial charge in [-0.3, -0.25) is 0 Å². The van der Waals surface area contributed by atoms with E-state index in [0.717, 1.165) is 0 Å². The first-order valence-electron chi connectivity index (χ1n) is 6.96. The third-order valence-corrected chi connectivity index (χ3v) is 4.14. The Hall–Kier alpha value is -2.38. The van der Waals surface area contributed by atoms with E-state index in [1.807, 2.05) is 12.1 Å². The first-order chi connectivity index (χ1) is 10.4. The molecule has 1 heterocycles. The van der Waals surface area contributed by atoms with Crippen LogP contribution in [0.4, 0.5) is 0 Å². The van der Waals surface area contributed by atoms with Crippen LogP contribution in [0.15, 0.2) is 96.4 Å². The molecular formula is C20H16S. The van der Waals surface area contributed by atoms with Gasteiger partial charge < -0.3 is 0 Å². The van der Waals surface area contributed by atoms with E-state index in [2.05, 4.69) is 84.2 Å². The Labute approximate surface area is 129 Å². The molecule has 0 atom stereocenters. The first kappa shape index (κ1) is 13.6. The fourth-order valence-corrected chi connectivity index (χ4v) is 2.96. The molecule has 21 heavy (non-hydrogen) atoms. The second kappa shape index (κ2) is 6.87. The Bertz CT molecular complexity index is 718. The zero-order chi connectivity index (χ0) is 14.3. The summed E-state index contributed by atoms with van der Waals surface area (Å²) >= 11 is 1.79. The van der Waals surface area contributed by atoms with Gasteiger partial charge in [0.2, 0.25) is 0 Å². The average molecular weight is 288 g/mol. The van der Waals surface area contributed by atoms with Gasteiger partial charge in [-0.1, -0.05) is 78.9 Å². The highest BCUT2D eigenvalue weighted by Gasteiger charge is 1.91. The molecule has 0 radical (unpaired) electrons. The summed E-state index contributed by atoms with van der Waals surface area (Å²) in [6.07, 6.45) is 0. The average Bonchev–Trinajstić information content (AvgIpc) is 3.06. The quantitative estimate of drug-likeness (QED) is 0.388. The summed E-state index contributed by atoms with van der Waals surface area (Å²) in [6, 6.07) is 31.3. The van der Waals surface area contributed by atoms with E-state index >= 15 is 0 Å². The lowest BCUT2D eigenvalue weighted by Crippen LogP contribution is -1.73. The molecule has 1 aromatic heterocycles. The number of hydrogen-bond donors (Lipinski definition) is 0. The molecule has 4 rings (SSSR count). The van der Waals surface area contributed by atoms with Crippen molar-refractivity contribution in [2.45, 2.75) is 0 Å². The molecule has 102 valence electrons. The molecule has 0 saturated carbocycles. The summed E-state index contributed by atoms with van der Waals surface area (Å²) in [5.41, 5.74) is 2.55. The predicted octanol–water partition coefficient (Wildman–Crippen LogP) is 6.25. The minimum atomic E-state index is 1.28. The van der Waals surface area contributed by atoms with Crippen LogP contribution in [0, 0.1) is 0 Å². The lowest BCUT2D eigenvalue weighted by Gasteiger charge is -1.98. The van der Waals surface area contributed by atoms with Gasteiger partial charge in [0.1, 0.15) is 0 Å². The lowest BCUT2D eigenvalue weighted by atomic mass is 10.1. The van der Waals surface area contributed by atoms with Gasteiger partial charge in [0.25, 0.3) is 0 Å². The second-order valence-electron chi connectivity index (χ2n) is 4.69. The fourth-order valence-electron chi connectivity index (χ4n) is 2.17. The molecule has 1 heteroatoms. The summed E-state index contributed by atoms with van der Waals surface area (Å²) in [6.45, 7) is 0. The lowest BCUT2D eigenvalue weighted by molar-refractivity contribution is 1.62. The first-order valence-corrected chi connectivity index (χ1v) is 7.84. The molecular weight excluding hydrogens is 272 g/mol. The Balaban J connectivity index is 0.000000131. The Morgan fingerprint density at radius 2 is 1.00 bits per heavy atom. The molecule has 0 spiro atoms. The molecule has 4 aromatic rings. The second-order valence-corrected chi connectivity index (χ2v) is 5.64. The van der Waals surface area contributed by atoms with Crippen LogP contribution < -0.4 is 0 Å². The highest BCUT2D eigenvalue weighted by molar-refractivity contribution is 7.17. The molecule has 0 fully saturated rings. The van der Waals surface area contributed by atoms with Crippen molar-refractivity contribution in [1.29, 1.82) is 0 Å². The van der Waals surface area contributed by atoms with E-state index in [1.54, 1.807) is 11.3 Å². The van der Waals surface area contributed by atoms with Crippen LogP contribution in [0.3, 0.4) is 0 Å². The van der Waals surface area contributed by atoms with Gasteiger partial charge in [-0.15, -0.1) is 11.3 Å². The van der Waals surface area contributed by atoms with Gasteiger partial charge in [0.15, 0.2) is 0 Å². The van der Waals surface area contributed by atoms with Gasteiger partial charge in [0.05, 0.1) is 0 Å². The maximum atomic E-state index is 2.14. The third kappa shape index (κ3) is 3.59. The van der Waals surface area contributed by atoms with Gasteiger partial charge in [0, 0.05) is 4.70 Å². The molecule has 0 aliphatic carbocycles. The number of fused-ring (bicyclic) bond motifs is 1. The molecule has 3 aromatic carbocycles. The van der Waals surface area contributed by atoms with Crippen molar-refractivity contribution in [2.24, 2.45) is 0 Å². The van der Waals surface area contributed by atoms with Crippen LogP contribution in [0.2, 0.25) is 0 Å². The van der Waals surface area contributed by atoms with Gasteiger partial charge in [-0.05, 0) is 34.0 Å². The highest BCUT2D eigenvalue weighted by Crippen LogP contribution is 2.19. The van der Waals surface area contributed by atoms with Crippen LogP contribution in [0.5, 0.6) is 0 Å². The Morgan fingerprint density at radius 3 is 1.57 bits per heavy atom. The number of thiophene rings is 1. The standard InChI is InChI=1S/C12H10.C8H6S/c1-3-7-11(8-4-1)12-9-5-2-6-10-12;1-2-4-8-7(3-1)5-6-9-8/h1-10H;1-6H. The molecule has 0 amide bonds. The zero-order valence-corrected chi connectivity index (χ0v) is 12.5. The van der Waals surface area contributed by atoms with Crippen molar-refractivity contribution >= 4 is 21.4 Å². The van der Waals surface area contributed by atoms with Crippen molar-refractivity contribution in [3.63, 3.8) is 0 Å². The Morgan fingerprint density at radius 1 is 0.476 bits per heavy atom. The normalized spacial score (nSPS) is 9.90. The van der Waals surface area contributed by atoms with Crippen molar-refractivity contribution in [3.05, 3.63) is 96.4 Å². The molecule has 0 N–H and O–H groups in total. The SMILES string of the molecule is c1ccc(-c2ccccc2)cc1.c1ccc2sccc2c1. The van der Waals surface area contributed by atoms with E-state index < -0.39 is 0 Å². The van der Waals surface area contributed by atoms with Crippen LogP contribution in [0.25, 0.3) is 21.2 Å². The van der Waals surface area contributed by atoms with Crippen molar-refractivity contribution in [3.8, 4) is 11.1 Å². The van der Waals surface area contributed by atoms with Crippen molar-refractivity contribution in [1.82, 2.24) is 0 Å². The van der Waals surface area contributed by atoms with Crippen LogP contribution in [0.1, 0.15) is 0 Å². The number of hydrogen-bond acceptors (Lipinski definition) is 1. The summed E-state index contributed by atoms with van der Waals surface area (Å²) in [7, 11) is 0. The van der Waals surface area contributed by atoms with E-state index in [0.29, 0.717) is 0 Å². The highest BCUT2D eigenvalue weighted by atomic mass is 32.1. The van der Waals surface area contributed by atoms with Crippen LogP contribution in [-0.2, 0) is 0 Å². The monoisotopic (exact) mass is 288 g/mol. The minimum Gasteiger partial charge on any atom is -0.144 e.